The molecule has 0 spiro atoms. The first-order chi connectivity index (χ1) is 12.4. The quantitative estimate of drug-likeness (QED) is 0.678. The van der Waals surface area contributed by atoms with Crippen LogP contribution >= 0.6 is 11.3 Å². The fourth-order valence-corrected chi connectivity index (χ4v) is 4.50. The highest BCUT2D eigenvalue weighted by atomic mass is 32.2. The molecule has 1 amide bonds. The Hall–Kier alpha value is -2.55. The summed E-state index contributed by atoms with van der Waals surface area (Å²) in [6, 6.07) is 14.0. The minimum atomic E-state index is -3.88. The lowest BCUT2D eigenvalue weighted by Crippen LogP contribution is -2.29. The Morgan fingerprint density at radius 3 is 2.23 bits per heavy atom. The first kappa shape index (κ1) is 18.2. The highest BCUT2D eigenvalue weighted by Crippen LogP contribution is 2.28. The largest absolute Gasteiger partial charge is 0.366 e. The second kappa shape index (κ2) is 7.36. The van der Waals surface area contributed by atoms with Crippen molar-refractivity contribution in [2.45, 2.75) is 10.9 Å². The molecule has 134 valence electrons. The maximum atomic E-state index is 13.2. The molecule has 0 aliphatic carbocycles. The molecule has 0 radical (unpaired) electrons. The number of amides is 1. The molecular weight excluding hydrogens is 375 g/mol. The van der Waals surface area contributed by atoms with E-state index in [2.05, 4.69) is 4.72 Å². The zero-order valence-electron chi connectivity index (χ0n) is 13.4. The molecule has 0 aliphatic heterocycles. The first-order valence-corrected chi connectivity index (χ1v) is 9.94. The van der Waals surface area contributed by atoms with Crippen molar-refractivity contribution in [3.63, 3.8) is 0 Å². The number of nitrogens with one attached hydrogen (secondary N) is 1. The van der Waals surface area contributed by atoms with Gasteiger partial charge in [-0.3, -0.25) is 4.79 Å². The number of carbonyl (C=O) groups is 1. The Morgan fingerprint density at radius 2 is 1.69 bits per heavy atom. The summed E-state index contributed by atoms with van der Waals surface area (Å²) in [4.78, 5) is 11.9. The van der Waals surface area contributed by atoms with Gasteiger partial charge in [-0.05, 0) is 53.4 Å². The summed E-state index contributed by atoms with van der Waals surface area (Å²) in [6.45, 7) is 0. The number of hydrogen-bond donors (Lipinski definition) is 2. The fraction of sp³-hybridized carbons (Fsp3) is 0.0556. The van der Waals surface area contributed by atoms with Gasteiger partial charge in [0, 0.05) is 10.4 Å². The molecule has 0 fully saturated rings. The summed E-state index contributed by atoms with van der Waals surface area (Å²) in [5, 5.41) is 1.84. The van der Waals surface area contributed by atoms with Gasteiger partial charge in [-0.2, -0.15) is 4.72 Å². The van der Waals surface area contributed by atoms with Crippen LogP contribution in [0.25, 0.3) is 0 Å². The van der Waals surface area contributed by atoms with E-state index in [-0.39, 0.29) is 10.5 Å². The SMILES string of the molecule is NC(=O)c1ccc(S(=O)(=O)N[C@@H](c2ccc(F)cc2)c2cccs2)cc1. The number of thiophene rings is 1. The third kappa shape index (κ3) is 3.98. The monoisotopic (exact) mass is 390 g/mol. The number of primary amides is 1. The van der Waals surface area contributed by atoms with Crippen LogP contribution < -0.4 is 10.5 Å². The van der Waals surface area contributed by atoms with Crippen LogP contribution in [-0.2, 0) is 10.0 Å². The number of carbonyl (C=O) groups excluding carboxylic acids is 1. The molecule has 3 N–H and O–H groups in total. The predicted molar refractivity (Wildman–Crippen MR) is 97.8 cm³/mol. The number of halogens is 1. The second-order valence-electron chi connectivity index (χ2n) is 5.51. The maximum Gasteiger partial charge on any atom is 0.248 e. The van der Waals surface area contributed by atoms with Crippen LogP contribution in [0.4, 0.5) is 4.39 Å². The summed E-state index contributed by atoms with van der Waals surface area (Å²) >= 11 is 1.39. The minimum absolute atomic E-state index is 0.00571. The summed E-state index contributed by atoms with van der Waals surface area (Å²) in [7, 11) is -3.88. The molecule has 3 rings (SSSR count). The van der Waals surface area contributed by atoms with Crippen LogP contribution in [0.3, 0.4) is 0 Å². The minimum Gasteiger partial charge on any atom is -0.366 e. The van der Waals surface area contributed by atoms with Crippen molar-refractivity contribution in [2.75, 3.05) is 0 Å². The predicted octanol–water partition coefficient (Wildman–Crippen LogP) is 3.05. The molecule has 0 bridgehead atoms. The van der Waals surface area contributed by atoms with E-state index in [1.807, 2.05) is 11.4 Å². The van der Waals surface area contributed by atoms with E-state index in [1.165, 1.54) is 47.7 Å². The Morgan fingerprint density at radius 1 is 1.04 bits per heavy atom. The van der Waals surface area contributed by atoms with E-state index >= 15 is 0 Å². The topological polar surface area (TPSA) is 89.3 Å². The molecule has 3 aromatic rings. The van der Waals surface area contributed by atoms with Crippen molar-refractivity contribution in [3.8, 4) is 0 Å². The van der Waals surface area contributed by atoms with Gasteiger partial charge in [0.05, 0.1) is 10.9 Å². The summed E-state index contributed by atoms with van der Waals surface area (Å²) in [6.07, 6.45) is 0. The Balaban J connectivity index is 1.95. The highest BCUT2D eigenvalue weighted by molar-refractivity contribution is 7.89. The van der Waals surface area contributed by atoms with E-state index in [0.29, 0.717) is 5.56 Å². The standard InChI is InChI=1S/C18H15FN2O3S2/c19-14-7-3-12(4-8-14)17(16-2-1-11-25-16)21-26(23,24)15-9-5-13(6-10-15)18(20)22/h1-11,17,21H,(H2,20,22)/t17-/m0/s1. The Labute approximate surface area is 154 Å². The van der Waals surface area contributed by atoms with Crippen molar-refractivity contribution in [1.29, 1.82) is 0 Å². The van der Waals surface area contributed by atoms with Crippen molar-refractivity contribution in [1.82, 2.24) is 4.72 Å². The number of nitrogens with two attached hydrogens (primary N) is 1. The molecule has 0 saturated heterocycles. The zero-order chi connectivity index (χ0) is 18.7. The zero-order valence-corrected chi connectivity index (χ0v) is 15.1. The average molecular weight is 390 g/mol. The van der Waals surface area contributed by atoms with Gasteiger partial charge in [-0.25, -0.2) is 12.8 Å². The van der Waals surface area contributed by atoms with Gasteiger partial charge in [0.15, 0.2) is 0 Å². The fourth-order valence-electron chi connectivity index (χ4n) is 2.42. The summed E-state index contributed by atoms with van der Waals surface area (Å²) in [5.41, 5.74) is 6.01. The molecule has 1 heterocycles. The Kier molecular flexibility index (Phi) is 5.17. The van der Waals surface area contributed by atoms with E-state index < -0.39 is 27.8 Å². The van der Waals surface area contributed by atoms with Crippen LogP contribution in [0.15, 0.2) is 70.9 Å². The van der Waals surface area contributed by atoms with E-state index in [9.17, 15) is 17.6 Å². The molecule has 0 saturated carbocycles. The summed E-state index contributed by atoms with van der Waals surface area (Å²) < 4.78 is 41.4. The number of sulfonamides is 1. The average Bonchev–Trinajstić information content (AvgIpc) is 3.15. The molecule has 0 aliphatic rings. The van der Waals surface area contributed by atoms with Crippen molar-refractivity contribution < 1.29 is 17.6 Å². The van der Waals surface area contributed by atoms with Crippen LogP contribution in [0.2, 0.25) is 0 Å². The van der Waals surface area contributed by atoms with Gasteiger partial charge in [-0.1, -0.05) is 18.2 Å². The van der Waals surface area contributed by atoms with Crippen LogP contribution in [0.1, 0.15) is 26.8 Å². The molecular formula is C18H15FN2O3S2. The van der Waals surface area contributed by atoms with Crippen LogP contribution in [-0.4, -0.2) is 14.3 Å². The van der Waals surface area contributed by atoms with Gasteiger partial charge < -0.3 is 5.73 Å². The van der Waals surface area contributed by atoms with Gasteiger partial charge in [-0.15, -0.1) is 11.3 Å². The van der Waals surface area contributed by atoms with Gasteiger partial charge in [0.2, 0.25) is 15.9 Å². The molecule has 1 aromatic heterocycles. The third-order valence-electron chi connectivity index (χ3n) is 3.75. The lowest BCUT2D eigenvalue weighted by atomic mass is 10.1. The molecule has 2 aromatic carbocycles. The highest BCUT2D eigenvalue weighted by Gasteiger charge is 2.24. The smallest absolute Gasteiger partial charge is 0.248 e. The van der Waals surface area contributed by atoms with E-state index in [1.54, 1.807) is 18.2 Å². The van der Waals surface area contributed by atoms with Gasteiger partial charge in [0.1, 0.15) is 5.82 Å². The summed E-state index contributed by atoms with van der Waals surface area (Å²) in [5.74, 6) is -1.03. The number of rotatable bonds is 6. The van der Waals surface area contributed by atoms with Gasteiger partial charge in [0.25, 0.3) is 0 Å². The lowest BCUT2D eigenvalue weighted by molar-refractivity contribution is 0.1000. The number of benzene rings is 2. The molecule has 1 atom stereocenters. The normalized spacial score (nSPS) is 12.7. The molecule has 26 heavy (non-hydrogen) atoms. The first-order valence-electron chi connectivity index (χ1n) is 7.58. The second-order valence-corrected chi connectivity index (χ2v) is 8.20. The molecule has 8 heteroatoms. The van der Waals surface area contributed by atoms with Crippen LogP contribution in [0, 0.1) is 5.82 Å². The molecule has 0 unspecified atom stereocenters. The van der Waals surface area contributed by atoms with Crippen molar-refractivity contribution in [3.05, 3.63) is 87.9 Å². The molecule has 5 nitrogen and oxygen atoms in total. The lowest BCUT2D eigenvalue weighted by Gasteiger charge is -2.18. The van der Waals surface area contributed by atoms with Crippen LogP contribution in [0.5, 0.6) is 0 Å². The van der Waals surface area contributed by atoms with E-state index in [0.717, 1.165) is 4.88 Å². The Bertz CT molecular complexity index is 1000. The van der Waals surface area contributed by atoms with E-state index in [4.69, 9.17) is 5.73 Å². The van der Waals surface area contributed by atoms with Crippen molar-refractivity contribution >= 4 is 27.3 Å². The van der Waals surface area contributed by atoms with Crippen molar-refractivity contribution in [2.24, 2.45) is 5.73 Å². The van der Waals surface area contributed by atoms with Gasteiger partial charge >= 0.3 is 0 Å². The third-order valence-corrected chi connectivity index (χ3v) is 6.13. The maximum absolute atomic E-state index is 13.2. The number of hydrogen-bond acceptors (Lipinski definition) is 4.